The van der Waals surface area contributed by atoms with Gasteiger partial charge in [0.2, 0.25) is 5.91 Å². The summed E-state index contributed by atoms with van der Waals surface area (Å²) in [4.78, 5) is 22.8. The molecule has 26 heavy (non-hydrogen) atoms. The van der Waals surface area contributed by atoms with E-state index in [0.717, 1.165) is 37.2 Å². The predicted octanol–water partition coefficient (Wildman–Crippen LogP) is 2.83. The summed E-state index contributed by atoms with van der Waals surface area (Å²) in [5, 5.41) is 0. The Morgan fingerprint density at radius 3 is 2.58 bits per heavy atom. The normalized spacial score (nSPS) is 14.9. The number of piperidine rings is 1. The second kappa shape index (κ2) is 8.65. The third kappa shape index (κ3) is 4.31. The smallest absolute Gasteiger partial charge is 0.222 e. The first-order valence-corrected chi connectivity index (χ1v) is 8.96. The van der Waals surface area contributed by atoms with E-state index in [1.54, 1.807) is 26.7 Å². The van der Waals surface area contributed by atoms with E-state index in [4.69, 9.17) is 9.47 Å². The lowest BCUT2D eigenvalue weighted by atomic mass is 9.93. The molecule has 0 saturated carbocycles. The maximum absolute atomic E-state index is 12.5. The molecule has 1 aliphatic heterocycles. The van der Waals surface area contributed by atoms with Gasteiger partial charge < -0.3 is 14.4 Å². The van der Waals surface area contributed by atoms with Gasteiger partial charge >= 0.3 is 0 Å². The average Bonchev–Trinajstić information content (AvgIpc) is 2.72. The minimum absolute atomic E-state index is 0.209. The monoisotopic (exact) mass is 355 g/mol. The molecule has 0 radical (unpaired) electrons. The van der Waals surface area contributed by atoms with Gasteiger partial charge in [0, 0.05) is 37.3 Å². The molecule has 0 N–H and O–H groups in total. The molecule has 6 nitrogen and oxygen atoms in total. The SMILES string of the molecule is COc1ccc(CCC(=O)N2CCC(c3ccncn3)CC2)cc1OC. The molecule has 0 unspecified atom stereocenters. The molecule has 0 bridgehead atoms. The van der Waals surface area contributed by atoms with Gasteiger partial charge in [-0.25, -0.2) is 9.97 Å². The van der Waals surface area contributed by atoms with Gasteiger partial charge in [0.1, 0.15) is 6.33 Å². The van der Waals surface area contributed by atoms with Crippen LogP contribution in [0.15, 0.2) is 36.8 Å². The van der Waals surface area contributed by atoms with Gasteiger partial charge in [0.25, 0.3) is 0 Å². The van der Waals surface area contributed by atoms with Gasteiger partial charge in [0.15, 0.2) is 11.5 Å². The van der Waals surface area contributed by atoms with Crippen molar-refractivity contribution in [3.05, 3.63) is 48.0 Å². The van der Waals surface area contributed by atoms with Crippen molar-refractivity contribution in [3.63, 3.8) is 0 Å². The van der Waals surface area contributed by atoms with Crippen molar-refractivity contribution in [1.82, 2.24) is 14.9 Å². The highest BCUT2D eigenvalue weighted by molar-refractivity contribution is 5.76. The van der Waals surface area contributed by atoms with E-state index in [2.05, 4.69) is 9.97 Å². The van der Waals surface area contributed by atoms with Crippen molar-refractivity contribution in [3.8, 4) is 11.5 Å². The molecule has 1 aliphatic rings. The van der Waals surface area contributed by atoms with Crippen LogP contribution in [0.2, 0.25) is 0 Å². The fourth-order valence-electron chi connectivity index (χ4n) is 3.41. The number of hydrogen-bond donors (Lipinski definition) is 0. The maximum atomic E-state index is 12.5. The number of likely N-dealkylation sites (tertiary alicyclic amines) is 1. The largest absolute Gasteiger partial charge is 0.493 e. The van der Waals surface area contributed by atoms with Crippen LogP contribution in [0.25, 0.3) is 0 Å². The van der Waals surface area contributed by atoms with Crippen molar-refractivity contribution in [2.24, 2.45) is 0 Å². The van der Waals surface area contributed by atoms with Crippen LogP contribution in [0.3, 0.4) is 0 Å². The third-order valence-corrected chi connectivity index (χ3v) is 4.95. The molecule has 1 aromatic carbocycles. The number of carbonyl (C=O) groups excluding carboxylic acids is 1. The third-order valence-electron chi connectivity index (χ3n) is 4.95. The van der Waals surface area contributed by atoms with Crippen molar-refractivity contribution in [2.75, 3.05) is 27.3 Å². The number of amides is 1. The Hall–Kier alpha value is -2.63. The van der Waals surface area contributed by atoms with Crippen molar-refractivity contribution >= 4 is 5.91 Å². The van der Waals surface area contributed by atoms with Gasteiger partial charge in [-0.05, 0) is 43.0 Å². The Balaban J connectivity index is 1.50. The molecule has 2 aromatic rings. The number of benzene rings is 1. The maximum Gasteiger partial charge on any atom is 0.222 e. The van der Waals surface area contributed by atoms with E-state index in [1.165, 1.54) is 0 Å². The quantitative estimate of drug-likeness (QED) is 0.797. The van der Waals surface area contributed by atoms with Crippen LogP contribution in [-0.4, -0.2) is 48.1 Å². The van der Waals surface area contributed by atoms with Crippen LogP contribution in [0.1, 0.15) is 36.4 Å². The highest BCUT2D eigenvalue weighted by atomic mass is 16.5. The lowest BCUT2D eigenvalue weighted by Gasteiger charge is -2.31. The van der Waals surface area contributed by atoms with E-state index in [0.29, 0.717) is 30.3 Å². The molecule has 0 spiro atoms. The first-order valence-electron chi connectivity index (χ1n) is 8.96. The molecular formula is C20H25N3O3. The summed E-state index contributed by atoms with van der Waals surface area (Å²) in [5.74, 6) is 2.03. The number of aromatic nitrogens is 2. The molecule has 0 aliphatic carbocycles. The van der Waals surface area contributed by atoms with Gasteiger partial charge in [-0.2, -0.15) is 0 Å². The molecule has 138 valence electrons. The summed E-state index contributed by atoms with van der Waals surface area (Å²) in [6.07, 6.45) is 6.50. The Morgan fingerprint density at radius 2 is 1.92 bits per heavy atom. The second-order valence-corrected chi connectivity index (χ2v) is 6.48. The van der Waals surface area contributed by atoms with E-state index in [9.17, 15) is 4.79 Å². The zero-order valence-corrected chi connectivity index (χ0v) is 15.4. The highest BCUT2D eigenvalue weighted by Gasteiger charge is 2.24. The molecule has 3 rings (SSSR count). The van der Waals surface area contributed by atoms with Crippen molar-refractivity contribution in [2.45, 2.75) is 31.6 Å². The van der Waals surface area contributed by atoms with Gasteiger partial charge in [-0.1, -0.05) is 6.07 Å². The van der Waals surface area contributed by atoms with Crippen LogP contribution in [0.5, 0.6) is 11.5 Å². The summed E-state index contributed by atoms with van der Waals surface area (Å²) in [5.41, 5.74) is 2.16. The Labute approximate surface area is 154 Å². The Morgan fingerprint density at radius 1 is 1.15 bits per heavy atom. The predicted molar refractivity (Wildman–Crippen MR) is 98.5 cm³/mol. The molecule has 6 heteroatoms. The Kier molecular flexibility index (Phi) is 6.04. The first kappa shape index (κ1) is 18.2. The van der Waals surface area contributed by atoms with Crippen LogP contribution in [-0.2, 0) is 11.2 Å². The number of hydrogen-bond acceptors (Lipinski definition) is 5. The minimum atomic E-state index is 0.209. The van der Waals surface area contributed by atoms with Gasteiger partial charge in [0.05, 0.1) is 14.2 Å². The summed E-state index contributed by atoms with van der Waals surface area (Å²) < 4.78 is 10.6. The lowest BCUT2D eigenvalue weighted by Crippen LogP contribution is -2.38. The van der Waals surface area contributed by atoms with Crippen LogP contribution in [0.4, 0.5) is 0 Å². The minimum Gasteiger partial charge on any atom is -0.493 e. The summed E-state index contributed by atoms with van der Waals surface area (Å²) >= 11 is 0. The molecule has 0 atom stereocenters. The average molecular weight is 355 g/mol. The number of nitrogens with zero attached hydrogens (tertiary/aromatic N) is 3. The molecular weight excluding hydrogens is 330 g/mol. The number of carbonyl (C=O) groups is 1. The number of rotatable bonds is 6. The standard InChI is InChI=1S/C20H25N3O3/c1-25-18-5-3-15(13-19(18)26-2)4-6-20(24)23-11-8-16(9-12-23)17-7-10-21-14-22-17/h3,5,7,10,13-14,16H,4,6,8-9,11-12H2,1-2H3. The van der Waals surface area contributed by atoms with Gasteiger partial charge in [-0.3, -0.25) is 4.79 Å². The van der Waals surface area contributed by atoms with E-state index >= 15 is 0 Å². The van der Waals surface area contributed by atoms with Crippen LogP contribution < -0.4 is 9.47 Å². The zero-order chi connectivity index (χ0) is 18.4. The lowest BCUT2D eigenvalue weighted by molar-refractivity contribution is -0.132. The number of methoxy groups -OCH3 is 2. The van der Waals surface area contributed by atoms with E-state index in [-0.39, 0.29) is 5.91 Å². The van der Waals surface area contributed by atoms with Crippen molar-refractivity contribution < 1.29 is 14.3 Å². The highest BCUT2D eigenvalue weighted by Crippen LogP contribution is 2.29. The number of aryl methyl sites for hydroxylation is 1. The Bertz CT molecular complexity index is 728. The molecule has 1 saturated heterocycles. The molecule has 1 amide bonds. The van der Waals surface area contributed by atoms with E-state index in [1.807, 2.05) is 29.2 Å². The fourth-order valence-corrected chi connectivity index (χ4v) is 3.41. The van der Waals surface area contributed by atoms with E-state index < -0.39 is 0 Å². The van der Waals surface area contributed by atoms with Gasteiger partial charge in [-0.15, -0.1) is 0 Å². The summed E-state index contributed by atoms with van der Waals surface area (Å²) in [6, 6.07) is 7.77. The van der Waals surface area contributed by atoms with Crippen LogP contribution >= 0.6 is 0 Å². The zero-order valence-electron chi connectivity index (χ0n) is 15.4. The number of ether oxygens (including phenoxy) is 2. The topological polar surface area (TPSA) is 64.5 Å². The summed E-state index contributed by atoms with van der Waals surface area (Å²) in [7, 11) is 3.24. The molecule has 2 heterocycles. The van der Waals surface area contributed by atoms with Crippen LogP contribution in [0, 0.1) is 0 Å². The fraction of sp³-hybridized carbons (Fsp3) is 0.450. The van der Waals surface area contributed by atoms with Crippen molar-refractivity contribution in [1.29, 1.82) is 0 Å². The molecule has 1 aromatic heterocycles. The summed E-state index contributed by atoms with van der Waals surface area (Å²) in [6.45, 7) is 1.58. The molecule has 1 fully saturated rings. The first-order chi connectivity index (χ1) is 12.7. The second-order valence-electron chi connectivity index (χ2n) is 6.48.